The summed E-state index contributed by atoms with van der Waals surface area (Å²) in [6.45, 7) is 3.95. The Morgan fingerprint density at radius 3 is 2.28 bits per heavy atom. The van der Waals surface area contributed by atoms with Crippen LogP contribution in [0.25, 0.3) is 0 Å². The lowest BCUT2D eigenvalue weighted by molar-refractivity contribution is -0.139. The largest absolute Gasteiger partial charge is 0.484 e. The highest BCUT2D eigenvalue weighted by molar-refractivity contribution is 6.35. The SMILES string of the molecule is CC(C)c1ccc(CNC(=O)C(=O)N/N=C\c2ccc(OCC(=O)Nc3cccc(C(F)(F)F)c3)cc2)cc1. The first-order chi connectivity index (χ1) is 18.5. The molecule has 0 aliphatic rings. The van der Waals surface area contributed by atoms with Gasteiger partial charge in [-0.25, -0.2) is 5.43 Å². The fraction of sp³-hybridized carbons (Fsp3) is 0.214. The lowest BCUT2D eigenvalue weighted by Crippen LogP contribution is -2.37. The van der Waals surface area contributed by atoms with Gasteiger partial charge in [0.15, 0.2) is 6.61 Å². The smallest absolute Gasteiger partial charge is 0.416 e. The van der Waals surface area contributed by atoms with Crippen molar-refractivity contribution in [1.82, 2.24) is 10.7 Å². The van der Waals surface area contributed by atoms with Crippen LogP contribution in [-0.4, -0.2) is 30.5 Å². The van der Waals surface area contributed by atoms with Gasteiger partial charge in [0.25, 0.3) is 5.91 Å². The van der Waals surface area contributed by atoms with Crippen LogP contribution in [0.2, 0.25) is 0 Å². The van der Waals surface area contributed by atoms with Gasteiger partial charge in [-0.15, -0.1) is 0 Å². The molecule has 8 nitrogen and oxygen atoms in total. The standard InChI is InChI=1S/C28H27F3N4O4/c1-18(2)21-10-6-19(7-11-21)15-32-26(37)27(38)35-33-16-20-8-12-24(13-9-20)39-17-25(36)34-23-5-3-4-22(14-23)28(29,30)31/h3-14,16,18H,15,17H2,1-2H3,(H,32,37)(H,34,36)(H,35,38)/b33-16-. The molecule has 0 saturated carbocycles. The van der Waals surface area contributed by atoms with Gasteiger partial charge < -0.3 is 15.4 Å². The Labute approximate surface area is 223 Å². The first-order valence-electron chi connectivity index (χ1n) is 11.9. The molecule has 39 heavy (non-hydrogen) atoms. The summed E-state index contributed by atoms with van der Waals surface area (Å²) in [5, 5.41) is 8.63. The lowest BCUT2D eigenvalue weighted by atomic mass is 10.0. The zero-order valence-electron chi connectivity index (χ0n) is 21.2. The number of amides is 3. The first-order valence-corrected chi connectivity index (χ1v) is 11.9. The van der Waals surface area contributed by atoms with Crippen molar-refractivity contribution in [3.63, 3.8) is 0 Å². The van der Waals surface area contributed by atoms with Crippen LogP contribution in [0, 0.1) is 0 Å². The molecule has 0 bridgehead atoms. The fourth-order valence-corrected chi connectivity index (χ4v) is 3.27. The van der Waals surface area contributed by atoms with Crippen molar-refractivity contribution in [2.75, 3.05) is 11.9 Å². The number of carbonyl (C=O) groups is 3. The van der Waals surface area contributed by atoms with Crippen LogP contribution in [0.4, 0.5) is 18.9 Å². The number of anilines is 1. The van der Waals surface area contributed by atoms with Gasteiger partial charge in [-0.05, 0) is 65.1 Å². The minimum atomic E-state index is -4.52. The quantitative estimate of drug-likeness (QED) is 0.209. The van der Waals surface area contributed by atoms with E-state index in [2.05, 4.69) is 35.0 Å². The Hall–Kier alpha value is -4.67. The van der Waals surface area contributed by atoms with Crippen molar-refractivity contribution in [3.8, 4) is 5.75 Å². The maximum Gasteiger partial charge on any atom is 0.416 e. The molecule has 0 unspecified atom stereocenters. The van der Waals surface area contributed by atoms with Gasteiger partial charge in [0.05, 0.1) is 11.8 Å². The van der Waals surface area contributed by atoms with Crippen LogP contribution >= 0.6 is 0 Å². The Morgan fingerprint density at radius 1 is 0.949 bits per heavy atom. The van der Waals surface area contributed by atoms with E-state index < -0.39 is 36.1 Å². The predicted octanol–water partition coefficient (Wildman–Crippen LogP) is 4.61. The van der Waals surface area contributed by atoms with E-state index in [0.717, 1.165) is 17.7 Å². The van der Waals surface area contributed by atoms with E-state index in [1.54, 1.807) is 12.1 Å². The molecule has 3 aromatic rings. The number of nitrogens with zero attached hydrogens (tertiary/aromatic N) is 1. The summed E-state index contributed by atoms with van der Waals surface area (Å²) in [6.07, 6.45) is -3.20. The molecule has 11 heteroatoms. The van der Waals surface area contributed by atoms with E-state index >= 15 is 0 Å². The van der Waals surface area contributed by atoms with E-state index in [9.17, 15) is 27.6 Å². The first kappa shape index (κ1) is 28.9. The van der Waals surface area contributed by atoms with Crippen molar-refractivity contribution < 1.29 is 32.3 Å². The topological polar surface area (TPSA) is 109 Å². The molecule has 3 aromatic carbocycles. The zero-order valence-corrected chi connectivity index (χ0v) is 21.2. The second-order valence-corrected chi connectivity index (χ2v) is 8.76. The van der Waals surface area contributed by atoms with Gasteiger partial charge in [-0.3, -0.25) is 14.4 Å². The third-order valence-electron chi connectivity index (χ3n) is 5.41. The number of rotatable bonds is 9. The van der Waals surface area contributed by atoms with E-state index in [0.29, 0.717) is 17.2 Å². The van der Waals surface area contributed by atoms with Crippen molar-refractivity contribution in [2.24, 2.45) is 5.10 Å². The van der Waals surface area contributed by atoms with Gasteiger partial charge in [0.2, 0.25) is 0 Å². The van der Waals surface area contributed by atoms with Crippen molar-refractivity contribution in [3.05, 3.63) is 95.1 Å². The third kappa shape index (κ3) is 9.29. The van der Waals surface area contributed by atoms with Gasteiger partial charge in [-0.1, -0.05) is 44.2 Å². The minimum absolute atomic E-state index is 0.000933. The van der Waals surface area contributed by atoms with Crippen LogP contribution in [0.15, 0.2) is 77.9 Å². The van der Waals surface area contributed by atoms with Gasteiger partial charge in [-0.2, -0.15) is 18.3 Å². The highest BCUT2D eigenvalue weighted by Crippen LogP contribution is 2.30. The maximum atomic E-state index is 12.8. The molecule has 0 aliphatic heterocycles. The number of hydrogen-bond donors (Lipinski definition) is 3. The summed E-state index contributed by atoms with van der Waals surface area (Å²) in [7, 11) is 0. The molecule has 0 atom stereocenters. The minimum Gasteiger partial charge on any atom is -0.484 e. The molecule has 204 valence electrons. The van der Waals surface area contributed by atoms with Crippen LogP contribution in [0.5, 0.6) is 5.75 Å². The van der Waals surface area contributed by atoms with E-state index in [4.69, 9.17) is 4.74 Å². The zero-order chi connectivity index (χ0) is 28.4. The fourth-order valence-electron chi connectivity index (χ4n) is 3.27. The normalized spacial score (nSPS) is 11.3. The molecule has 3 N–H and O–H groups in total. The Bertz CT molecular complexity index is 1320. The molecule has 0 radical (unpaired) electrons. The van der Waals surface area contributed by atoms with Crippen molar-refractivity contribution in [1.29, 1.82) is 0 Å². The average molecular weight is 541 g/mol. The van der Waals surface area contributed by atoms with Crippen LogP contribution in [0.3, 0.4) is 0 Å². The molecular formula is C28H27F3N4O4. The summed E-state index contributed by atoms with van der Waals surface area (Å²) in [5.41, 5.74) is 3.88. The maximum absolute atomic E-state index is 12.8. The molecule has 0 heterocycles. The van der Waals surface area contributed by atoms with E-state index in [1.807, 2.05) is 24.3 Å². The molecule has 0 spiro atoms. The number of halogens is 3. The number of hydrogen-bond acceptors (Lipinski definition) is 5. The number of ether oxygens (including phenoxy) is 1. The highest BCUT2D eigenvalue weighted by Gasteiger charge is 2.30. The number of carbonyl (C=O) groups excluding carboxylic acids is 3. The van der Waals surface area contributed by atoms with Crippen LogP contribution in [-0.2, 0) is 27.1 Å². The molecule has 3 rings (SSSR count). The molecule has 0 aliphatic carbocycles. The monoisotopic (exact) mass is 540 g/mol. The predicted molar refractivity (Wildman–Crippen MR) is 140 cm³/mol. The van der Waals surface area contributed by atoms with Gasteiger partial charge in [0.1, 0.15) is 5.75 Å². The van der Waals surface area contributed by atoms with Gasteiger partial charge >= 0.3 is 18.0 Å². The summed E-state index contributed by atoms with van der Waals surface area (Å²) in [6, 6.07) is 18.3. The Balaban J connectivity index is 1.40. The van der Waals surface area contributed by atoms with E-state index in [-0.39, 0.29) is 12.2 Å². The van der Waals surface area contributed by atoms with Crippen molar-refractivity contribution in [2.45, 2.75) is 32.5 Å². The Morgan fingerprint density at radius 2 is 1.64 bits per heavy atom. The van der Waals surface area contributed by atoms with Gasteiger partial charge in [0, 0.05) is 12.2 Å². The summed E-state index contributed by atoms with van der Waals surface area (Å²) in [5.74, 6) is -1.65. The third-order valence-corrected chi connectivity index (χ3v) is 5.41. The molecule has 0 saturated heterocycles. The van der Waals surface area contributed by atoms with Crippen LogP contribution < -0.4 is 20.8 Å². The average Bonchev–Trinajstić information content (AvgIpc) is 2.91. The number of hydrazone groups is 1. The summed E-state index contributed by atoms with van der Waals surface area (Å²) in [4.78, 5) is 36.0. The number of nitrogens with one attached hydrogen (secondary N) is 3. The number of benzene rings is 3. The van der Waals surface area contributed by atoms with Crippen molar-refractivity contribution >= 4 is 29.6 Å². The molecular weight excluding hydrogens is 513 g/mol. The Kier molecular flexibility index (Phi) is 9.80. The second kappa shape index (κ2) is 13.2. The van der Waals surface area contributed by atoms with E-state index in [1.165, 1.54) is 36.0 Å². The number of alkyl halides is 3. The second-order valence-electron chi connectivity index (χ2n) is 8.76. The molecule has 3 amide bonds. The molecule has 0 fully saturated rings. The van der Waals surface area contributed by atoms with Crippen LogP contribution in [0.1, 0.15) is 42.0 Å². The summed E-state index contributed by atoms with van der Waals surface area (Å²) < 4.78 is 43.7. The summed E-state index contributed by atoms with van der Waals surface area (Å²) >= 11 is 0. The highest BCUT2D eigenvalue weighted by atomic mass is 19.4. The molecule has 0 aromatic heterocycles. The lowest BCUT2D eigenvalue weighted by Gasteiger charge is -2.10.